The minimum atomic E-state index is -0.577. The molecule has 1 saturated carbocycles. The zero-order valence-electron chi connectivity index (χ0n) is 14.6. The molecule has 0 spiro atoms. The summed E-state index contributed by atoms with van der Waals surface area (Å²) in [5, 5.41) is 2.94. The molecule has 0 saturated heterocycles. The van der Waals surface area contributed by atoms with Gasteiger partial charge in [0.15, 0.2) is 0 Å². The molecule has 4 heteroatoms. The molecule has 132 valence electrons. The van der Waals surface area contributed by atoms with Gasteiger partial charge in [-0.25, -0.2) is 8.78 Å². The largest absolute Gasteiger partial charge is 0.355 e. The number of benzene rings is 2. The van der Waals surface area contributed by atoms with E-state index in [1.807, 2.05) is 38.1 Å². The molecule has 1 amide bonds. The molecule has 0 bridgehead atoms. The van der Waals surface area contributed by atoms with Crippen molar-refractivity contribution >= 4 is 5.91 Å². The fourth-order valence-corrected chi connectivity index (χ4v) is 3.46. The maximum atomic E-state index is 14.1. The predicted molar refractivity (Wildman–Crippen MR) is 94.3 cm³/mol. The molecule has 0 aromatic heterocycles. The van der Waals surface area contributed by atoms with Crippen molar-refractivity contribution in [1.82, 2.24) is 5.32 Å². The lowest BCUT2D eigenvalue weighted by molar-refractivity contribution is -0.121. The van der Waals surface area contributed by atoms with Gasteiger partial charge in [-0.15, -0.1) is 0 Å². The number of amides is 1. The lowest BCUT2D eigenvalue weighted by Crippen LogP contribution is -2.34. The van der Waals surface area contributed by atoms with E-state index in [4.69, 9.17) is 0 Å². The molecule has 2 atom stereocenters. The number of hydrogen-bond donors (Lipinski definition) is 1. The van der Waals surface area contributed by atoms with E-state index in [9.17, 15) is 13.6 Å². The van der Waals surface area contributed by atoms with E-state index < -0.39 is 17.0 Å². The van der Waals surface area contributed by atoms with Crippen LogP contribution in [0.4, 0.5) is 8.78 Å². The number of hydrogen-bond acceptors (Lipinski definition) is 1. The Morgan fingerprint density at radius 2 is 1.88 bits per heavy atom. The third-order valence-electron chi connectivity index (χ3n) is 5.28. The summed E-state index contributed by atoms with van der Waals surface area (Å²) in [6, 6.07) is 11.8. The smallest absolute Gasteiger partial charge is 0.220 e. The SMILES string of the molecule is Cc1ccc(CCC(=O)NCC2(c3ccc(F)cc3F)CC2C)cc1. The highest BCUT2D eigenvalue weighted by molar-refractivity contribution is 5.76. The molecule has 1 fully saturated rings. The minimum Gasteiger partial charge on any atom is -0.355 e. The van der Waals surface area contributed by atoms with Crippen LogP contribution >= 0.6 is 0 Å². The minimum absolute atomic E-state index is 0.0402. The summed E-state index contributed by atoms with van der Waals surface area (Å²) in [4.78, 5) is 12.2. The van der Waals surface area contributed by atoms with E-state index in [1.54, 1.807) is 0 Å². The molecular weight excluding hydrogens is 320 g/mol. The predicted octanol–water partition coefficient (Wildman–Crippen LogP) is 4.30. The zero-order chi connectivity index (χ0) is 18.0. The number of halogens is 2. The van der Waals surface area contributed by atoms with Crippen LogP contribution in [0.1, 0.15) is 36.5 Å². The molecule has 0 heterocycles. The lowest BCUT2D eigenvalue weighted by atomic mass is 9.92. The van der Waals surface area contributed by atoms with Gasteiger partial charge in [-0.05, 0) is 42.9 Å². The van der Waals surface area contributed by atoms with Crippen LogP contribution in [0.2, 0.25) is 0 Å². The van der Waals surface area contributed by atoms with E-state index in [0.29, 0.717) is 24.9 Å². The van der Waals surface area contributed by atoms with E-state index in [0.717, 1.165) is 18.1 Å². The molecule has 1 aliphatic rings. The van der Waals surface area contributed by atoms with Gasteiger partial charge in [0.05, 0.1) is 0 Å². The third-order valence-corrected chi connectivity index (χ3v) is 5.28. The monoisotopic (exact) mass is 343 g/mol. The highest BCUT2D eigenvalue weighted by atomic mass is 19.1. The van der Waals surface area contributed by atoms with Gasteiger partial charge < -0.3 is 5.32 Å². The average Bonchev–Trinajstić information content (AvgIpc) is 3.23. The van der Waals surface area contributed by atoms with Crippen LogP contribution in [-0.4, -0.2) is 12.5 Å². The fraction of sp³-hybridized carbons (Fsp3) is 0.381. The van der Waals surface area contributed by atoms with E-state index in [-0.39, 0.29) is 11.8 Å². The molecule has 25 heavy (non-hydrogen) atoms. The van der Waals surface area contributed by atoms with Crippen LogP contribution in [0, 0.1) is 24.5 Å². The second kappa shape index (κ2) is 6.95. The maximum absolute atomic E-state index is 14.1. The third kappa shape index (κ3) is 3.89. The number of rotatable bonds is 6. The van der Waals surface area contributed by atoms with Crippen LogP contribution in [0.3, 0.4) is 0 Å². The van der Waals surface area contributed by atoms with E-state index >= 15 is 0 Å². The van der Waals surface area contributed by atoms with Crippen molar-refractivity contribution in [3.8, 4) is 0 Å². The normalized spacial score (nSPS) is 21.8. The van der Waals surface area contributed by atoms with Crippen LogP contribution in [0.15, 0.2) is 42.5 Å². The first kappa shape index (κ1) is 17.6. The van der Waals surface area contributed by atoms with Gasteiger partial charge in [0.1, 0.15) is 11.6 Å². The second-order valence-corrected chi connectivity index (χ2v) is 7.15. The summed E-state index contributed by atoms with van der Waals surface area (Å²) in [6.45, 7) is 4.45. The quantitative estimate of drug-likeness (QED) is 0.832. The van der Waals surface area contributed by atoms with Crippen molar-refractivity contribution in [2.24, 2.45) is 5.92 Å². The van der Waals surface area contributed by atoms with E-state index in [1.165, 1.54) is 17.7 Å². The first-order valence-electron chi connectivity index (χ1n) is 8.68. The van der Waals surface area contributed by atoms with E-state index in [2.05, 4.69) is 5.32 Å². The van der Waals surface area contributed by atoms with Crippen molar-refractivity contribution in [3.05, 3.63) is 70.8 Å². The molecule has 0 aliphatic heterocycles. The summed E-state index contributed by atoms with van der Waals surface area (Å²) in [5.41, 5.74) is 2.41. The van der Waals surface area contributed by atoms with Gasteiger partial charge in [0, 0.05) is 24.4 Å². The molecular formula is C21H23F2NO. The Morgan fingerprint density at radius 3 is 2.48 bits per heavy atom. The summed E-state index contributed by atoms with van der Waals surface area (Å²) in [7, 11) is 0. The Bertz CT molecular complexity index is 772. The van der Waals surface area contributed by atoms with Crippen LogP contribution in [-0.2, 0) is 16.6 Å². The van der Waals surface area contributed by atoms with Crippen molar-refractivity contribution in [2.45, 2.75) is 38.5 Å². The summed E-state index contributed by atoms with van der Waals surface area (Å²) in [5.74, 6) is -0.878. The second-order valence-electron chi connectivity index (χ2n) is 7.15. The first-order chi connectivity index (χ1) is 11.9. The van der Waals surface area contributed by atoms with Crippen molar-refractivity contribution in [2.75, 3.05) is 6.54 Å². The molecule has 1 aliphatic carbocycles. The Morgan fingerprint density at radius 1 is 1.20 bits per heavy atom. The number of carbonyl (C=O) groups excluding carboxylic acids is 1. The van der Waals surface area contributed by atoms with Gasteiger partial charge >= 0.3 is 0 Å². The van der Waals surface area contributed by atoms with Crippen LogP contribution < -0.4 is 5.32 Å². The zero-order valence-corrected chi connectivity index (χ0v) is 14.6. The van der Waals surface area contributed by atoms with Gasteiger partial charge in [-0.2, -0.15) is 0 Å². The summed E-state index contributed by atoms with van der Waals surface area (Å²) >= 11 is 0. The average molecular weight is 343 g/mol. The standard InChI is InChI=1S/C21H23F2NO/c1-14-3-5-16(6-4-14)7-10-20(25)24-13-21(12-15(21)2)18-9-8-17(22)11-19(18)23/h3-6,8-9,11,15H,7,10,12-13H2,1-2H3,(H,24,25). The highest BCUT2D eigenvalue weighted by Gasteiger charge is 2.53. The number of nitrogens with one attached hydrogen (secondary N) is 1. The molecule has 2 aromatic rings. The van der Waals surface area contributed by atoms with Crippen molar-refractivity contribution < 1.29 is 13.6 Å². The molecule has 0 radical (unpaired) electrons. The topological polar surface area (TPSA) is 29.1 Å². The summed E-state index contributed by atoms with van der Waals surface area (Å²) < 4.78 is 27.3. The van der Waals surface area contributed by atoms with Crippen molar-refractivity contribution in [1.29, 1.82) is 0 Å². The van der Waals surface area contributed by atoms with Gasteiger partial charge in [-0.1, -0.05) is 42.8 Å². The Labute approximate surface area is 147 Å². The summed E-state index contributed by atoms with van der Waals surface area (Å²) in [6.07, 6.45) is 1.88. The van der Waals surface area contributed by atoms with Crippen LogP contribution in [0.25, 0.3) is 0 Å². The van der Waals surface area contributed by atoms with Gasteiger partial charge in [-0.3, -0.25) is 4.79 Å². The molecule has 2 unspecified atom stereocenters. The van der Waals surface area contributed by atoms with Crippen molar-refractivity contribution in [3.63, 3.8) is 0 Å². The molecule has 1 N–H and O–H groups in total. The van der Waals surface area contributed by atoms with Gasteiger partial charge in [0.25, 0.3) is 0 Å². The fourth-order valence-electron chi connectivity index (χ4n) is 3.46. The van der Waals surface area contributed by atoms with Gasteiger partial charge in [0.2, 0.25) is 5.91 Å². The molecule has 2 nitrogen and oxygen atoms in total. The lowest BCUT2D eigenvalue weighted by Gasteiger charge is -2.19. The number of carbonyl (C=O) groups is 1. The Balaban J connectivity index is 1.58. The first-order valence-corrected chi connectivity index (χ1v) is 8.68. The van der Waals surface area contributed by atoms with Crippen LogP contribution in [0.5, 0.6) is 0 Å². The maximum Gasteiger partial charge on any atom is 0.220 e. The highest BCUT2D eigenvalue weighted by Crippen LogP contribution is 2.54. The molecule has 2 aromatic carbocycles. The Hall–Kier alpha value is -2.23. The number of aryl methyl sites for hydroxylation is 2. The Kier molecular flexibility index (Phi) is 4.89. The molecule has 3 rings (SSSR count).